The van der Waals surface area contributed by atoms with Crippen molar-refractivity contribution < 1.29 is 13.2 Å². The average Bonchev–Trinajstić information content (AvgIpc) is 2.53. The molecule has 0 fully saturated rings. The van der Waals surface area contributed by atoms with E-state index in [0.717, 1.165) is 11.8 Å². The first-order chi connectivity index (χ1) is 11.3. The number of nitriles is 1. The van der Waals surface area contributed by atoms with Gasteiger partial charge in [0.25, 0.3) is 0 Å². The third-order valence-corrected chi connectivity index (χ3v) is 4.20. The summed E-state index contributed by atoms with van der Waals surface area (Å²) in [6.07, 6.45) is -1.48. The highest BCUT2D eigenvalue weighted by molar-refractivity contribution is 5.52. The van der Waals surface area contributed by atoms with Crippen LogP contribution in [-0.2, 0) is 19.1 Å². The lowest BCUT2D eigenvalue weighted by molar-refractivity contribution is -0.137. The molecule has 2 aromatic heterocycles. The lowest BCUT2D eigenvalue weighted by atomic mass is 9.97. The molecule has 0 radical (unpaired) electrons. The largest absolute Gasteiger partial charge is 0.417 e. The maximum Gasteiger partial charge on any atom is 0.417 e. The summed E-state index contributed by atoms with van der Waals surface area (Å²) in [4.78, 5) is 10.3. The fourth-order valence-electron chi connectivity index (χ4n) is 2.96. The molecule has 0 bridgehead atoms. The smallest absolute Gasteiger partial charge is 0.349 e. The maximum absolute atomic E-state index is 12.9. The molecule has 0 aromatic carbocycles. The van der Waals surface area contributed by atoms with E-state index in [-0.39, 0.29) is 6.04 Å². The second-order valence-corrected chi connectivity index (χ2v) is 5.98. The average molecular weight is 332 g/mol. The van der Waals surface area contributed by atoms with Gasteiger partial charge in [-0.2, -0.15) is 18.4 Å². The number of hydrogen-bond donors (Lipinski definition) is 0. The van der Waals surface area contributed by atoms with Crippen molar-refractivity contribution in [3.63, 3.8) is 0 Å². The zero-order valence-electron chi connectivity index (χ0n) is 13.2. The van der Waals surface area contributed by atoms with Gasteiger partial charge in [-0.25, -0.2) is 4.98 Å². The number of rotatable bonds is 1. The number of fused-ring (bicyclic) bond motifs is 1. The fraction of sp³-hybridized carbons (Fsp3) is 0.353. The lowest BCUT2D eigenvalue weighted by Crippen LogP contribution is -2.40. The van der Waals surface area contributed by atoms with Gasteiger partial charge in [0.15, 0.2) is 0 Å². The first-order valence-electron chi connectivity index (χ1n) is 7.48. The standard InChI is InChI=1S/C17H15F3N4/c1-10-3-12(6-21)7-23-16(10)24-9-13-5-14(17(18,19)20)8-22-15(13)4-11(24)2/h3,5,7-8,11H,4,9H2,1-2H3. The van der Waals surface area contributed by atoms with Gasteiger partial charge < -0.3 is 4.90 Å². The minimum absolute atomic E-state index is 0.0564. The molecule has 1 aliphatic heterocycles. The highest BCUT2D eigenvalue weighted by Gasteiger charge is 2.33. The van der Waals surface area contributed by atoms with Gasteiger partial charge in [0.05, 0.1) is 11.1 Å². The van der Waals surface area contributed by atoms with E-state index in [0.29, 0.717) is 35.6 Å². The molecule has 7 heteroatoms. The second-order valence-electron chi connectivity index (χ2n) is 5.98. The van der Waals surface area contributed by atoms with Crippen LogP contribution in [0.2, 0.25) is 0 Å². The predicted octanol–water partition coefficient (Wildman–Crippen LogP) is 3.63. The first kappa shape index (κ1) is 16.2. The second kappa shape index (κ2) is 5.78. The molecule has 0 aliphatic carbocycles. The molecule has 1 atom stereocenters. The van der Waals surface area contributed by atoms with Gasteiger partial charge in [-0.05, 0) is 37.1 Å². The highest BCUT2D eigenvalue weighted by Crippen LogP contribution is 2.33. The number of halogens is 3. The predicted molar refractivity (Wildman–Crippen MR) is 82.3 cm³/mol. The molecule has 0 N–H and O–H groups in total. The molecule has 124 valence electrons. The number of anilines is 1. The Morgan fingerprint density at radius 1 is 1.25 bits per heavy atom. The molecule has 0 saturated heterocycles. The quantitative estimate of drug-likeness (QED) is 0.800. The van der Waals surface area contributed by atoms with E-state index in [1.54, 1.807) is 6.07 Å². The summed E-state index contributed by atoms with van der Waals surface area (Å²) in [5.74, 6) is 0.685. The summed E-state index contributed by atoms with van der Waals surface area (Å²) >= 11 is 0. The summed E-state index contributed by atoms with van der Waals surface area (Å²) in [5, 5.41) is 8.93. The Hall–Kier alpha value is -2.62. The van der Waals surface area contributed by atoms with Crippen LogP contribution in [0.25, 0.3) is 0 Å². The van der Waals surface area contributed by atoms with Gasteiger partial charge in [0, 0.05) is 37.1 Å². The lowest BCUT2D eigenvalue weighted by Gasteiger charge is -2.36. The van der Waals surface area contributed by atoms with Crippen LogP contribution in [0.5, 0.6) is 0 Å². The first-order valence-corrected chi connectivity index (χ1v) is 7.48. The Morgan fingerprint density at radius 2 is 2.00 bits per heavy atom. The van der Waals surface area contributed by atoms with Gasteiger partial charge in [-0.15, -0.1) is 0 Å². The van der Waals surface area contributed by atoms with E-state index in [2.05, 4.69) is 9.97 Å². The van der Waals surface area contributed by atoms with E-state index in [9.17, 15) is 13.2 Å². The fourth-order valence-corrected chi connectivity index (χ4v) is 2.96. The maximum atomic E-state index is 12.9. The van der Waals surface area contributed by atoms with Crippen molar-refractivity contribution >= 4 is 5.82 Å². The molecule has 4 nitrogen and oxygen atoms in total. The summed E-state index contributed by atoms with van der Waals surface area (Å²) in [7, 11) is 0. The van der Waals surface area contributed by atoms with E-state index < -0.39 is 11.7 Å². The van der Waals surface area contributed by atoms with Crippen LogP contribution in [-0.4, -0.2) is 16.0 Å². The zero-order valence-corrected chi connectivity index (χ0v) is 13.2. The van der Waals surface area contributed by atoms with Crippen LogP contribution < -0.4 is 4.90 Å². The number of nitrogens with zero attached hydrogens (tertiary/aromatic N) is 4. The molecule has 0 saturated carbocycles. The minimum Gasteiger partial charge on any atom is -0.349 e. The SMILES string of the molecule is Cc1cc(C#N)cnc1N1Cc2cc(C(F)(F)F)cnc2CC1C. The van der Waals surface area contributed by atoms with Crippen LogP contribution in [0, 0.1) is 18.3 Å². The molecule has 3 heterocycles. The number of hydrogen-bond acceptors (Lipinski definition) is 4. The van der Waals surface area contributed by atoms with Crippen molar-refractivity contribution in [2.75, 3.05) is 4.90 Å². The summed E-state index contributed by atoms with van der Waals surface area (Å²) in [5.41, 5.74) is 1.80. The van der Waals surface area contributed by atoms with Crippen molar-refractivity contribution in [3.8, 4) is 6.07 Å². The van der Waals surface area contributed by atoms with Crippen LogP contribution in [0.1, 0.15) is 34.9 Å². The Kier molecular flexibility index (Phi) is 3.91. The topological polar surface area (TPSA) is 52.8 Å². The summed E-state index contributed by atoms with van der Waals surface area (Å²) < 4.78 is 38.7. The zero-order chi connectivity index (χ0) is 17.5. The molecule has 0 spiro atoms. The van der Waals surface area contributed by atoms with Crippen LogP contribution in [0.15, 0.2) is 24.5 Å². The van der Waals surface area contributed by atoms with Crippen molar-refractivity contribution in [3.05, 3.63) is 52.5 Å². The molecule has 1 unspecified atom stereocenters. The van der Waals surface area contributed by atoms with E-state index >= 15 is 0 Å². The molecule has 0 amide bonds. The normalized spacial score (nSPS) is 17.3. The molecule has 24 heavy (non-hydrogen) atoms. The van der Waals surface area contributed by atoms with Crippen LogP contribution in [0.4, 0.5) is 19.0 Å². The monoisotopic (exact) mass is 332 g/mol. The molecular weight excluding hydrogens is 317 g/mol. The minimum atomic E-state index is -4.40. The molecule has 3 rings (SSSR count). The van der Waals surface area contributed by atoms with Gasteiger partial charge in [-0.3, -0.25) is 4.98 Å². The van der Waals surface area contributed by atoms with E-state index in [4.69, 9.17) is 5.26 Å². The van der Waals surface area contributed by atoms with Gasteiger partial charge in [0.2, 0.25) is 0 Å². The number of aryl methyl sites for hydroxylation is 1. The van der Waals surface area contributed by atoms with E-state index in [1.165, 1.54) is 12.3 Å². The third-order valence-electron chi connectivity index (χ3n) is 4.20. The number of aromatic nitrogens is 2. The molecular formula is C17H15F3N4. The third kappa shape index (κ3) is 2.92. The van der Waals surface area contributed by atoms with Crippen LogP contribution >= 0.6 is 0 Å². The van der Waals surface area contributed by atoms with Crippen molar-refractivity contribution in [2.45, 2.75) is 39.0 Å². The van der Waals surface area contributed by atoms with Crippen LogP contribution in [0.3, 0.4) is 0 Å². The Bertz CT molecular complexity index is 824. The summed E-state index contributed by atoms with van der Waals surface area (Å²) in [6, 6.07) is 4.99. The number of pyridine rings is 2. The molecule has 1 aliphatic rings. The Labute approximate surface area is 137 Å². The molecule has 2 aromatic rings. The highest BCUT2D eigenvalue weighted by atomic mass is 19.4. The van der Waals surface area contributed by atoms with Gasteiger partial charge >= 0.3 is 6.18 Å². The van der Waals surface area contributed by atoms with Crippen molar-refractivity contribution in [2.24, 2.45) is 0 Å². The van der Waals surface area contributed by atoms with Crippen molar-refractivity contribution in [1.82, 2.24) is 9.97 Å². The van der Waals surface area contributed by atoms with E-state index in [1.807, 2.05) is 24.8 Å². The Balaban J connectivity index is 1.98. The van der Waals surface area contributed by atoms with Gasteiger partial charge in [0.1, 0.15) is 11.9 Å². The summed E-state index contributed by atoms with van der Waals surface area (Å²) in [6.45, 7) is 4.14. The number of alkyl halides is 3. The van der Waals surface area contributed by atoms with Crippen molar-refractivity contribution in [1.29, 1.82) is 5.26 Å². The van der Waals surface area contributed by atoms with Gasteiger partial charge in [-0.1, -0.05) is 0 Å². The Morgan fingerprint density at radius 3 is 2.62 bits per heavy atom.